The highest BCUT2D eigenvalue weighted by Gasteiger charge is 2.24. The Morgan fingerprint density at radius 2 is 1.94 bits per heavy atom. The van der Waals surface area contributed by atoms with Gasteiger partial charge in [0.25, 0.3) is 0 Å². The molecular formula is C11H12O5. The van der Waals surface area contributed by atoms with Gasteiger partial charge in [-0.15, -0.1) is 0 Å². The summed E-state index contributed by atoms with van der Waals surface area (Å²) in [5, 5.41) is 8.91. The number of carboxylic acid groups (broad SMARTS) is 1. The van der Waals surface area contributed by atoms with Gasteiger partial charge in [0.05, 0.1) is 6.61 Å². The Bertz CT molecular complexity index is 360. The number of hydrogen-bond donors (Lipinski definition) is 1. The third kappa shape index (κ3) is 3.27. The average molecular weight is 224 g/mol. The Labute approximate surface area is 92.6 Å². The van der Waals surface area contributed by atoms with Crippen LogP contribution in [-0.4, -0.2) is 23.8 Å². The van der Waals surface area contributed by atoms with Crippen LogP contribution in [0.5, 0.6) is 0 Å². The SMILES string of the molecule is CCOC(=O)OC(C(=O)O)c1ccccc1. The molecule has 0 aliphatic rings. The van der Waals surface area contributed by atoms with Gasteiger partial charge in [-0.3, -0.25) is 0 Å². The molecule has 16 heavy (non-hydrogen) atoms. The summed E-state index contributed by atoms with van der Waals surface area (Å²) < 4.78 is 9.20. The normalized spacial score (nSPS) is 11.6. The third-order valence-electron chi connectivity index (χ3n) is 1.80. The first-order valence-electron chi connectivity index (χ1n) is 4.76. The van der Waals surface area contributed by atoms with E-state index in [1.165, 1.54) is 0 Å². The molecule has 5 nitrogen and oxygen atoms in total. The monoisotopic (exact) mass is 224 g/mol. The van der Waals surface area contributed by atoms with Crippen LogP contribution in [0.2, 0.25) is 0 Å². The summed E-state index contributed by atoms with van der Waals surface area (Å²) in [5.74, 6) is -1.24. The molecule has 0 radical (unpaired) electrons. The Morgan fingerprint density at radius 1 is 1.31 bits per heavy atom. The zero-order valence-corrected chi connectivity index (χ0v) is 8.75. The number of benzene rings is 1. The molecule has 0 fully saturated rings. The molecule has 0 spiro atoms. The molecule has 1 unspecified atom stereocenters. The fraction of sp³-hybridized carbons (Fsp3) is 0.273. The van der Waals surface area contributed by atoms with Gasteiger partial charge in [0.2, 0.25) is 6.10 Å². The van der Waals surface area contributed by atoms with Crippen LogP contribution in [0.3, 0.4) is 0 Å². The Morgan fingerprint density at radius 3 is 2.44 bits per heavy atom. The molecule has 1 N–H and O–H groups in total. The quantitative estimate of drug-likeness (QED) is 0.791. The van der Waals surface area contributed by atoms with Crippen LogP contribution in [-0.2, 0) is 14.3 Å². The molecule has 0 amide bonds. The summed E-state index contributed by atoms with van der Waals surface area (Å²) >= 11 is 0. The van der Waals surface area contributed by atoms with Gasteiger partial charge in [0, 0.05) is 5.56 Å². The number of carboxylic acids is 1. The van der Waals surface area contributed by atoms with E-state index in [-0.39, 0.29) is 6.61 Å². The third-order valence-corrected chi connectivity index (χ3v) is 1.80. The lowest BCUT2D eigenvalue weighted by Gasteiger charge is -2.13. The zero-order chi connectivity index (χ0) is 12.0. The van der Waals surface area contributed by atoms with Crippen LogP contribution in [0.4, 0.5) is 4.79 Å². The van der Waals surface area contributed by atoms with Crippen LogP contribution in [0, 0.1) is 0 Å². The molecule has 1 atom stereocenters. The minimum absolute atomic E-state index is 0.139. The van der Waals surface area contributed by atoms with Gasteiger partial charge in [0.1, 0.15) is 0 Å². The molecule has 5 heteroatoms. The molecule has 86 valence electrons. The number of carbonyl (C=O) groups is 2. The molecule has 1 aromatic carbocycles. The Kier molecular flexibility index (Phi) is 4.32. The lowest BCUT2D eigenvalue weighted by atomic mass is 10.1. The molecule has 1 rings (SSSR count). The van der Waals surface area contributed by atoms with E-state index in [4.69, 9.17) is 5.11 Å². The summed E-state index contributed by atoms with van der Waals surface area (Å²) in [7, 11) is 0. The second kappa shape index (κ2) is 5.75. The van der Waals surface area contributed by atoms with Crippen molar-refractivity contribution in [3.8, 4) is 0 Å². The van der Waals surface area contributed by atoms with Crippen molar-refractivity contribution in [3.05, 3.63) is 35.9 Å². The molecule has 0 heterocycles. The van der Waals surface area contributed by atoms with Crippen molar-refractivity contribution < 1.29 is 24.2 Å². The Balaban J connectivity index is 2.77. The van der Waals surface area contributed by atoms with E-state index in [2.05, 4.69) is 9.47 Å². The predicted molar refractivity (Wildman–Crippen MR) is 54.9 cm³/mol. The van der Waals surface area contributed by atoms with E-state index >= 15 is 0 Å². The first kappa shape index (κ1) is 12.0. The maximum absolute atomic E-state index is 11.0. The van der Waals surface area contributed by atoms with Crippen LogP contribution in [0.15, 0.2) is 30.3 Å². The zero-order valence-electron chi connectivity index (χ0n) is 8.75. The second-order valence-corrected chi connectivity index (χ2v) is 2.93. The maximum Gasteiger partial charge on any atom is 0.509 e. The second-order valence-electron chi connectivity index (χ2n) is 2.93. The largest absolute Gasteiger partial charge is 0.509 e. The molecule has 0 aliphatic heterocycles. The molecular weight excluding hydrogens is 212 g/mol. The van der Waals surface area contributed by atoms with Gasteiger partial charge in [-0.1, -0.05) is 30.3 Å². The number of aliphatic carboxylic acids is 1. The van der Waals surface area contributed by atoms with E-state index in [1.807, 2.05) is 0 Å². The first-order valence-corrected chi connectivity index (χ1v) is 4.76. The van der Waals surface area contributed by atoms with E-state index < -0.39 is 18.2 Å². The molecule has 0 aromatic heterocycles. The van der Waals surface area contributed by atoms with Crippen LogP contribution in [0.1, 0.15) is 18.6 Å². The van der Waals surface area contributed by atoms with Gasteiger partial charge in [-0.05, 0) is 6.92 Å². The van der Waals surface area contributed by atoms with E-state index in [1.54, 1.807) is 37.3 Å². The average Bonchev–Trinajstić information content (AvgIpc) is 2.27. The van der Waals surface area contributed by atoms with Gasteiger partial charge in [0.15, 0.2) is 0 Å². The van der Waals surface area contributed by atoms with Gasteiger partial charge >= 0.3 is 12.1 Å². The minimum atomic E-state index is -1.33. The lowest BCUT2D eigenvalue weighted by molar-refractivity contribution is -0.148. The lowest BCUT2D eigenvalue weighted by Crippen LogP contribution is -2.20. The van der Waals surface area contributed by atoms with Crippen molar-refractivity contribution in [2.75, 3.05) is 6.61 Å². The van der Waals surface area contributed by atoms with Crippen molar-refractivity contribution in [3.63, 3.8) is 0 Å². The highest BCUT2D eigenvalue weighted by atomic mass is 16.7. The molecule has 0 aliphatic carbocycles. The van der Waals surface area contributed by atoms with Gasteiger partial charge in [-0.2, -0.15) is 0 Å². The van der Waals surface area contributed by atoms with Crippen molar-refractivity contribution >= 4 is 12.1 Å². The fourth-order valence-electron chi connectivity index (χ4n) is 1.14. The fourth-order valence-corrected chi connectivity index (χ4v) is 1.14. The van der Waals surface area contributed by atoms with Crippen LogP contribution in [0.25, 0.3) is 0 Å². The van der Waals surface area contributed by atoms with E-state index in [9.17, 15) is 9.59 Å². The summed E-state index contributed by atoms with van der Waals surface area (Å²) in [6.07, 6.45) is -2.32. The first-order chi connectivity index (χ1) is 7.65. The van der Waals surface area contributed by atoms with Crippen LogP contribution < -0.4 is 0 Å². The summed E-state index contributed by atoms with van der Waals surface area (Å²) in [6, 6.07) is 8.21. The van der Waals surface area contributed by atoms with Crippen molar-refractivity contribution in [1.82, 2.24) is 0 Å². The Hall–Kier alpha value is -2.04. The molecule has 0 saturated heterocycles. The molecule has 0 bridgehead atoms. The topological polar surface area (TPSA) is 72.8 Å². The molecule has 1 aromatic rings. The number of ether oxygens (including phenoxy) is 2. The van der Waals surface area contributed by atoms with Gasteiger partial charge in [-0.25, -0.2) is 9.59 Å². The predicted octanol–water partition coefficient (Wildman–Crippen LogP) is 1.99. The highest BCUT2D eigenvalue weighted by molar-refractivity contribution is 5.77. The van der Waals surface area contributed by atoms with Crippen molar-refractivity contribution in [1.29, 1.82) is 0 Å². The van der Waals surface area contributed by atoms with E-state index in [0.717, 1.165) is 0 Å². The van der Waals surface area contributed by atoms with Crippen LogP contribution >= 0.6 is 0 Å². The summed E-state index contributed by atoms with van der Waals surface area (Å²) in [4.78, 5) is 21.9. The summed E-state index contributed by atoms with van der Waals surface area (Å²) in [6.45, 7) is 1.75. The van der Waals surface area contributed by atoms with E-state index in [0.29, 0.717) is 5.56 Å². The molecule has 0 saturated carbocycles. The number of rotatable bonds is 4. The van der Waals surface area contributed by atoms with Crippen molar-refractivity contribution in [2.45, 2.75) is 13.0 Å². The summed E-state index contributed by atoms with van der Waals surface area (Å²) in [5.41, 5.74) is 0.392. The maximum atomic E-state index is 11.0. The van der Waals surface area contributed by atoms with Gasteiger partial charge < -0.3 is 14.6 Å². The van der Waals surface area contributed by atoms with Crippen molar-refractivity contribution in [2.24, 2.45) is 0 Å². The number of hydrogen-bond acceptors (Lipinski definition) is 4. The minimum Gasteiger partial charge on any atom is -0.478 e. The smallest absolute Gasteiger partial charge is 0.478 e. The highest BCUT2D eigenvalue weighted by Crippen LogP contribution is 2.17. The number of carbonyl (C=O) groups excluding carboxylic acids is 1. The standard InChI is InChI=1S/C11H12O5/c1-2-15-11(14)16-9(10(12)13)8-6-4-3-5-7-8/h3-7,9H,2H2,1H3,(H,12,13).